The van der Waals surface area contributed by atoms with E-state index >= 15 is 0 Å². The van der Waals surface area contributed by atoms with E-state index < -0.39 is 0 Å². The molecule has 1 atom stereocenters. The van der Waals surface area contributed by atoms with Crippen molar-refractivity contribution in [2.24, 2.45) is 5.10 Å². The number of hydrogen-bond donors (Lipinski definition) is 1. The Kier molecular flexibility index (Phi) is 5.38. The monoisotopic (exact) mass is 417 g/mol. The van der Waals surface area contributed by atoms with Crippen LogP contribution in [0.3, 0.4) is 0 Å². The summed E-state index contributed by atoms with van der Waals surface area (Å²) in [5.74, 6) is 0.353. The van der Waals surface area contributed by atoms with Crippen molar-refractivity contribution in [3.8, 4) is 0 Å². The fraction of sp³-hybridized carbons (Fsp3) is 0.385. The van der Waals surface area contributed by atoms with Crippen molar-refractivity contribution in [1.82, 2.24) is 5.43 Å². The van der Waals surface area contributed by atoms with Gasteiger partial charge in [0.05, 0.1) is 6.21 Å². The SMILES string of the molecule is Cc1cc2c(cc1/C=N\NC(=O)c1cc3ccccc3o1)C(C)CC(C)(C)N2C(C)C. The Balaban J connectivity index is 1.57. The highest BCUT2D eigenvalue weighted by Gasteiger charge is 2.37. The van der Waals surface area contributed by atoms with Crippen LogP contribution in [0, 0.1) is 6.92 Å². The van der Waals surface area contributed by atoms with Crippen molar-refractivity contribution in [2.45, 2.75) is 65.5 Å². The zero-order valence-electron chi connectivity index (χ0n) is 19.2. The van der Waals surface area contributed by atoms with Gasteiger partial charge in [-0.2, -0.15) is 5.10 Å². The number of aryl methyl sites for hydroxylation is 1. The summed E-state index contributed by atoms with van der Waals surface area (Å²) in [6.45, 7) is 13.5. The molecule has 2 aromatic carbocycles. The molecule has 0 saturated heterocycles. The number of para-hydroxylation sites is 1. The van der Waals surface area contributed by atoms with E-state index in [-0.39, 0.29) is 17.2 Å². The van der Waals surface area contributed by atoms with Crippen molar-refractivity contribution >= 4 is 28.8 Å². The molecule has 4 rings (SSSR count). The molecule has 5 heteroatoms. The van der Waals surface area contributed by atoms with Gasteiger partial charge in [-0.3, -0.25) is 4.79 Å². The van der Waals surface area contributed by atoms with Crippen molar-refractivity contribution < 1.29 is 9.21 Å². The summed E-state index contributed by atoms with van der Waals surface area (Å²) in [4.78, 5) is 15.0. The lowest BCUT2D eigenvalue weighted by Gasteiger charge is -2.50. The first-order valence-electron chi connectivity index (χ1n) is 10.9. The largest absolute Gasteiger partial charge is 0.451 e. The van der Waals surface area contributed by atoms with Crippen LogP contribution in [0.4, 0.5) is 5.69 Å². The molecule has 5 nitrogen and oxygen atoms in total. The van der Waals surface area contributed by atoms with Gasteiger partial charge in [0, 0.05) is 22.7 Å². The van der Waals surface area contributed by atoms with Gasteiger partial charge in [0.1, 0.15) is 5.58 Å². The van der Waals surface area contributed by atoms with E-state index in [9.17, 15) is 4.79 Å². The van der Waals surface area contributed by atoms with Gasteiger partial charge >= 0.3 is 5.91 Å². The van der Waals surface area contributed by atoms with Gasteiger partial charge in [-0.15, -0.1) is 0 Å². The minimum atomic E-state index is -0.357. The Labute approximate surface area is 184 Å². The Morgan fingerprint density at radius 3 is 2.71 bits per heavy atom. The van der Waals surface area contributed by atoms with E-state index in [2.05, 4.69) is 69.1 Å². The molecule has 2 heterocycles. The number of fused-ring (bicyclic) bond motifs is 2. The minimum absolute atomic E-state index is 0.114. The average molecular weight is 418 g/mol. The van der Waals surface area contributed by atoms with Gasteiger partial charge in [-0.05, 0) is 87.9 Å². The lowest BCUT2D eigenvalue weighted by molar-refractivity contribution is 0.0929. The summed E-state index contributed by atoms with van der Waals surface area (Å²) in [7, 11) is 0. The molecule has 0 bridgehead atoms. The fourth-order valence-electron chi connectivity index (χ4n) is 5.04. The van der Waals surface area contributed by atoms with Crippen molar-refractivity contribution in [1.29, 1.82) is 0 Å². The average Bonchev–Trinajstić information content (AvgIpc) is 3.12. The zero-order valence-corrected chi connectivity index (χ0v) is 19.2. The predicted octanol–water partition coefficient (Wildman–Crippen LogP) is 6.01. The third kappa shape index (κ3) is 3.97. The van der Waals surface area contributed by atoms with Crippen molar-refractivity contribution in [3.63, 3.8) is 0 Å². The number of hydrazone groups is 1. The molecule has 1 amide bonds. The number of carbonyl (C=O) groups is 1. The standard InChI is InChI=1S/C26H31N3O2/c1-16(2)29-22-11-17(3)20(12-21(22)18(4)14-26(29,5)6)15-27-28-25(30)24-13-19-9-7-8-10-23(19)31-24/h7-13,15-16,18H,14H2,1-6H3,(H,28,30)/b27-15-. The molecule has 1 aliphatic rings. The molecule has 1 unspecified atom stereocenters. The van der Waals surface area contributed by atoms with E-state index in [0.29, 0.717) is 17.5 Å². The second-order valence-corrected chi connectivity index (χ2v) is 9.50. The second-order valence-electron chi connectivity index (χ2n) is 9.50. The quantitative estimate of drug-likeness (QED) is 0.418. The zero-order chi connectivity index (χ0) is 22.3. The van der Waals surface area contributed by atoms with Gasteiger partial charge in [0.2, 0.25) is 0 Å². The van der Waals surface area contributed by atoms with Crippen LogP contribution in [-0.4, -0.2) is 23.7 Å². The van der Waals surface area contributed by atoms with E-state index in [4.69, 9.17) is 4.42 Å². The highest BCUT2D eigenvalue weighted by molar-refractivity contribution is 5.96. The van der Waals surface area contributed by atoms with Crippen LogP contribution in [0.1, 0.15) is 74.2 Å². The molecule has 3 aromatic rings. The normalized spacial score (nSPS) is 18.0. The molecule has 162 valence electrons. The Bertz CT molecular complexity index is 1120. The molecule has 31 heavy (non-hydrogen) atoms. The number of benzene rings is 2. The molecule has 0 spiro atoms. The lowest BCUT2D eigenvalue weighted by Crippen LogP contribution is -2.51. The fourth-order valence-corrected chi connectivity index (χ4v) is 5.04. The number of hydrogen-bond acceptors (Lipinski definition) is 4. The van der Waals surface area contributed by atoms with Crippen molar-refractivity contribution in [2.75, 3.05) is 4.90 Å². The summed E-state index contributed by atoms with van der Waals surface area (Å²) >= 11 is 0. The highest BCUT2D eigenvalue weighted by Crippen LogP contribution is 2.45. The molecule has 0 saturated carbocycles. The molecule has 1 aromatic heterocycles. The Morgan fingerprint density at radius 2 is 2.00 bits per heavy atom. The summed E-state index contributed by atoms with van der Waals surface area (Å²) < 4.78 is 5.61. The summed E-state index contributed by atoms with van der Waals surface area (Å²) in [6, 6.07) is 14.2. The maximum absolute atomic E-state index is 12.4. The van der Waals surface area contributed by atoms with Crippen LogP contribution >= 0.6 is 0 Å². The number of amides is 1. The maximum Gasteiger partial charge on any atom is 0.307 e. The molecule has 0 aliphatic carbocycles. The number of rotatable bonds is 4. The lowest BCUT2D eigenvalue weighted by atomic mass is 9.78. The van der Waals surface area contributed by atoms with Crippen LogP contribution in [-0.2, 0) is 0 Å². The van der Waals surface area contributed by atoms with Crippen LogP contribution in [0.15, 0.2) is 52.0 Å². The first kappa shape index (κ1) is 21.2. The van der Waals surface area contributed by atoms with Crippen LogP contribution in [0.25, 0.3) is 11.0 Å². The highest BCUT2D eigenvalue weighted by atomic mass is 16.3. The number of anilines is 1. The van der Waals surface area contributed by atoms with Gasteiger partial charge in [-0.25, -0.2) is 5.43 Å². The third-order valence-corrected chi connectivity index (χ3v) is 6.20. The number of nitrogens with zero attached hydrogens (tertiary/aromatic N) is 2. The first-order valence-corrected chi connectivity index (χ1v) is 10.9. The van der Waals surface area contributed by atoms with E-state index in [0.717, 1.165) is 22.9 Å². The number of carbonyl (C=O) groups excluding carboxylic acids is 1. The third-order valence-electron chi connectivity index (χ3n) is 6.20. The minimum Gasteiger partial charge on any atom is -0.451 e. The van der Waals surface area contributed by atoms with Gasteiger partial charge in [0.25, 0.3) is 0 Å². The Hall–Kier alpha value is -3.08. The Morgan fingerprint density at radius 1 is 1.26 bits per heavy atom. The summed E-state index contributed by atoms with van der Waals surface area (Å²) in [5.41, 5.74) is 8.19. The summed E-state index contributed by atoms with van der Waals surface area (Å²) in [5, 5.41) is 5.10. The van der Waals surface area contributed by atoms with Gasteiger partial charge in [-0.1, -0.05) is 25.1 Å². The van der Waals surface area contributed by atoms with Gasteiger partial charge < -0.3 is 9.32 Å². The molecule has 0 radical (unpaired) electrons. The van der Waals surface area contributed by atoms with E-state index in [1.165, 1.54) is 11.3 Å². The van der Waals surface area contributed by atoms with Gasteiger partial charge in [0.15, 0.2) is 5.76 Å². The van der Waals surface area contributed by atoms with Crippen LogP contribution < -0.4 is 10.3 Å². The van der Waals surface area contributed by atoms with E-state index in [1.54, 1.807) is 12.3 Å². The topological polar surface area (TPSA) is 57.8 Å². The molecule has 1 N–H and O–H groups in total. The second kappa shape index (κ2) is 7.88. The maximum atomic E-state index is 12.4. The first-order chi connectivity index (χ1) is 14.7. The molecular formula is C26H31N3O2. The number of nitrogens with one attached hydrogen (secondary N) is 1. The molecule has 1 aliphatic heterocycles. The predicted molar refractivity (Wildman–Crippen MR) is 127 cm³/mol. The van der Waals surface area contributed by atoms with Crippen LogP contribution in [0.5, 0.6) is 0 Å². The van der Waals surface area contributed by atoms with E-state index in [1.807, 2.05) is 24.3 Å². The molecular weight excluding hydrogens is 386 g/mol. The molecule has 0 fully saturated rings. The van der Waals surface area contributed by atoms with Crippen molar-refractivity contribution in [3.05, 3.63) is 64.9 Å². The summed E-state index contributed by atoms with van der Waals surface area (Å²) in [6.07, 6.45) is 2.82. The smallest absolute Gasteiger partial charge is 0.307 e. The van der Waals surface area contributed by atoms with Crippen LogP contribution in [0.2, 0.25) is 0 Å². The number of furan rings is 1.